The predicted molar refractivity (Wildman–Crippen MR) is 107 cm³/mol. The number of nitrogens with zero attached hydrogens (tertiary/aromatic N) is 3. The van der Waals surface area contributed by atoms with Gasteiger partial charge >= 0.3 is 5.69 Å². The van der Waals surface area contributed by atoms with Crippen LogP contribution in [0.3, 0.4) is 0 Å². The number of hydrogen-bond acceptors (Lipinski definition) is 6. The quantitative estimate of drug-likeness (QED) is 0.520. The van der Waals surface area contributed by atoms with E-state index in [9.17, 15) is 14.0 Å². The number of H-pyrrole nitrogens is 1. The molecule has 2 aromatic heterocycles. The Morgan fingerprint density at radius 2 is 1.87 bits per heavy atom. The molecule has 0 atom stereocenters. The molecule has 0 aliphatic carbocycles. The van der Waals surface area contributed by atoms with E-state index in [1.807, 2.05) is 0 Å². The Morgan fingerprint density at radius 1 is 1.10 bits per heavy atom. The van der Waals surface area contributed by atoms with Crippen LogP contribution in [0.4, 0.5) is 4.39 Å². The Bertz CT molecular complexity index is 1350. The van der Waals surface area contributed by atoms with Crippen LogP contribution in [-0.2, 0) is 0 Å². The smallest absolute Gasteiger partial charge is 0.332 e. The van der Waals surface area contributed by atoms with Crippen molar-refractivity contribution >= 4 is 17.1 Å². The normalized spacial score (nSPS) is 10.9. The number of aromatic amines is 1. The number of fused-ring (bicyclic) bond motifs is 1. The topological polar surface area (TPSA) is 125 Å². The maximum absolute atomic E-state index is 14.3. The molecule has 0 aliphatic rings. The number of para-hydroxylation sites is 1. The van der Waals surface area contributed by atoms with Crippen molar-refractivity contribution < 1.29 is 18.7 Å². The minimum atomic E-state index is -0.897. The highest BCUT2D eigenvalue weighted by Crippen LogP contribution is 2.34. The summed E-state index contributed by atoms with van der Waals surface area (Å²) in [5.74, 6) is -0.921. The number of benzene rings is 2. The molecule has 0 spiro atoms. The molecular weight excluding hydrogens is 393 g/mol. The molecule has 3 N–H and O–H groups in total. The number of hydrogen-bond donors (Lipinski definition) is 2. The first kappa shape index (κ1) is 19.1. The van der Waals surface area contributed by atoms with Crippen molar-refractivity contribution in [1.82, 2.24) is 19.5 Å². The van der Waals surface area contributed by atoms with Crippen molar-refractivity contribution in [2.24, 2.45) is 5.73 Å². The fourth-order valence-corrected chi connectivity index (χ4v) is 3.20. The van der Waals surface area contributed by atoms with Gasteiger partial charge in [0.2, 0.25) is 0 Å². The molecule has 2 heterocycles. The monoisotopic (exact) mass is 409 g/mol. The minimum absolute atomic E-state index is 0.0254. The van der Waals surface area contributed by atoms with Crippen molar-refractivity contribution in [3.63, 3.8) is 0 Å². The summed E-state index contributed by atoms with van der Waals surface area (Å²) >= 11 is 0. The summed E-state index contributed by atoms with van der Waals surface area (Å²) in [6.07, 6.45) is 0. The van der Waals surface area contributed by atoms with Crippen molar-refractivity contribution in [1.29, 1.82) is 0 Å². The standard InChI is InChI=1S/C20H16FN5O4/c1-29-13-9-5-8-12(16(13)30-2)26-19-15(24-20(26)28)14(17(22)27)23-18(25-19)10-6-3-4-7-11(10)21/h3-9H,1-2H3,(H2,22,27)(H,24,28). The molecule has 0 saturated heterocycles. The molecule has 0 fully saturated rings. The van der Waals surface area contributed by atoms with E-state index in [-0.39, 0.29) is 34.0 Å². The van der Waals surface area contributed by atoms with Crippen molar-refractivity contribution in [2.75, 3.05) is 14.2 Å². The Kier molecular flexibility index (Phi) is 4.66. The molecule has 10 heteroatoms. The van der Waals surface area contributed by atoms with Gasteiger partial charge in [-0.05, 0) is 24.3 Å². The number of primary amides is 1. The fraction of sp³-hybridized carbons (Fsp3) is 0.100. The lowest BCUT2D eigenvalue weighted by Gasteiger charge is -2.13. The number of ether oxygens (including phenoxy) is 2. The van der Waals surface area contributed by atoms with Gasteiger partial charge in [-0.1, -0.05) is 18.2 Å². The first-order valence-corrected chi connectivity index (χ1v) is 8.75. The highest BCUT2D eigenvalue weighted by Gasteiger charge is 2.23. The molecule has 4 aromatic rings. The van der Waals surface area contributed by atoms with Gasteiger partial charge in [-0.15, -0.1) is 0 Å². The van der Waals surface area contributed by atoms with Gasteiger partial charge in [0.1, 0.15) is 11.3 Å². The molecular formula is C20H16FN5O4. The van der Waals surface area contributed by atoms with E-state index in [0.29, 0.717) is 11.4 Å². The van der Waals surface area contributed by atoms with E-state index in [1.54, 1.807) is 24.3 Å². The van der Waals surface area contributed by atoms with Crippen LogP contribution in [0.1, 0.15) is 10.5 Å². The third-order valence-corrected chi connectivity index (χ3v) is 4.51. The van der Waals surface area contributed by atoms with Crippen LogP contribution in [0.2, 0.25) is 0 Å². The summed E-state index contributed by atoms with van der Waals surface area (Å²) in [7, 11) is 2.89. The number of nitrogens with two attached hydrogens (primary N) is 1. The molecule has 4 rings (SSSR count). The number of aromatic nitrogens is 4. The van der Waals surface area contributed by atoms with E-state index >= 15 is 0 Å². The van der Waals surface area contributed by atoms with Crippen molar-refractivity contribution in [2.45, 2.75) is 0 Å². The summed E-state index contributed by atoms with van der Waals surface area (Å²) in [6.45, 7) is 0. The molecule has 0 aliphatic heterocycles. The molecule has 152 valence electrons. The lowest BCUT2D eigenvalue weighted by atomic mass is 10.2. The number of nitrogens with one attached hydrogen (secondary N) is 1. The maximum atomic E-state index is 14.3. The Labute approximate surface area is 168 Å². The molecule has 0 radical (unpaired) electrons. The second-order valence-corrected chi connectivity index (χ2v) is 6.22. The summed E-state index contributed by atoms with van der Waals surface area (Å²) in [5.41, 5.74) is 5.04. The SMILES string of the molecule is COc1cccc(-n2c(=O)[nH]c3c(C(N)=O)nc(-c4ccccc4F)nc32)c1OC. The second-order valence-electron chi connectivity index (χ2n) is 6.22. The molecule has 1 amide bonds. The van der Waals surface area contributed by atoms with Gasteiger partial charge in [0, 0.05) is 0 Å². The van der Waals surface area contributed by atoms with Crippen molar-refractivity contribution in [3.05, 3.63) is 64.5 Å². The first-order chi connectivity index (χ1) is 14.5. The molecule has 0 saturated carbocycles. The van der Waals surface area contributed by atoms with E-state index < -0.39 is 17.4 Å². The molecule has 30 heavy (non-hydrogen) atoms. The number of methoxy groups -OCH3 is 2. The second kappa shape index (κ2) is 7.32. The third kappa shape index (κ3) is 2.94. The fourth-order valence-electron chi connectivity index (χ4n) is 3.20. The summed E-state index contributed by atoms with van der Waals surface area (Å²) in [4.78, 5) is 35.8. The van der Waals surface area contributed by atoms with Crippen LogP contribution >= 0.6 is 0 Å². The van der Waals surface area contributed by atoms with Crippen molar-refractivity contribution in [3.8, 4) is 28.6 Å². The highest BCUT2D eigenvalue weighted by atomic mass is 19.1. The molecule has 0 unspecified atom stereocenters. The third-order valence-electron chi connectivity index (χ3n) is 4.51. The first-order valence-electron chi connectivity index (χ1n) is 8.75. The highest BCUT2D eigenvalue weighted by molar-refractivity contribution is 6.02. The van der Waals surface area contributed by atoms with Gasteiger partial charge in [-0.3, -0.25) is 4.79 Å². The maximum Gasteiger partial charge on any atom is 0.332 e. The van der Waals surface area contributed by atoms with Crippen LogP contribution < -0.4 is 20.9 Å². The minimum Gasteiger partial charge on any atom is -0.493 e. The average Bonchev–Trinajstić information content (AvgIpc) is 3.07. The number of imidazole rings is 1. The Morgan fingerprint density at radius 3 is 2.53 bits per heavy atom. The number of amides is 1. The van der Waals surface area contributed by atoms with Crippen LogP contribution in [0, 0.1) is 5.82 Å². The van der Waals surface area contributed by atoms with Gasteiger partial charge in [0.05, 0.1) is 25.5 Å². The summed E-state index contributed by atoms with van der Waals surface area (Å²) < 4.78 is 26.2. The molecule has 2 aromatic carbocycles. The van der Waals surface area contributed by atoms with Gasteiger partial charge < -0.3 is 20.2 Å². The largest absolute Gasteiger partial charge is 0.493 e. The Balaban J connectivity index is 2.11. The number of rotatable bonds is 5. The van der Waals surface area contributed by atoms with Gasteiger partial charge in [0.25, 0.3) is 5.91 Å². The number of halogens is 1. The summed E-state index contributed by atoms with van der Waals surface area (Å²) in [6, 6.07) is 10.8. The molecule has 9 nitrogen and oxygen atoms in total. The zero-order chi connectivity index (χ0) is 21.4. The van der Waals surface area contributed by atoms with Crippen LogP contribution in [0.25, 0.3) is 28.2 Å². The van der Waals surface area contributed by atoms with Crippen LogP contribution in [-0.4, -0.2) is 39.6 Å². The number of carbonyl (C=O) groups is 1. The van der Waals surface area contributed by atoms with E-state index in [0.717, 1.165) is 0 Å². The number of carbonyl (C=O) groups excluding carboxylic acids is 1. The average molecular weight is 409 g/mol. The van der Waals surface area contributed by atoms with Gasteiger partial charge in [-0.2, -0.15) is 0 Å². The van der Waals surface area contributed by atoms with Crippen LogP contribution in [0.15, 0.2) is 47.3 Å². The van der Waals surface area contributed by atoms with Crippen LogP contribution in [0.5, 0.6) is 11.5 Å². The zero-order valence-corrected chi connectivity index (χ0v) is 16.0. The van der Waals surface area contributed by atoms with Gasteiger partial charge in [0.15, 0.2) is 28.7 Å². The predicted octanol–water partition coefficient (Wildman–Crippen LogP) is 2.03. The zero-order valence-electron chi connectivity index (χ0n) is 16.0. The molecule has 0 bridgehead atoms. The van der Waals surface area contributed by atoms with E-state index in [4.69, 9.17) is 15.2 Å². The van der Waals surface area contributed by atoms with Gasteiger partial charge in [-0.25, -0.2) is 23.7 Å². The lowest BCUT2D eigenvalue weighted by molar-refractivity contribution is 0.0997. The lowest BCUT2D eigenvalue weighted by Crippen LogP contribution is -2.16. The summed E-state index contributed by atoms with van der Waals surface area (Å²) in [5, 5.41) is 0. The van der Waals surface area contributed by atoms with E-state index in [1.165, 1.54) is 37.0 Å². The Hall–Kier alpha value is -4.21. The van der Waals surface area contributed by atoms with E-state index in [2.05, 4.69) is 15.0 Å².